The fourth-order valence-electron chi connectivity index (χ4n) is 4.16. The zero-order valence-corrected chi connectivity index (χ0v) is 19.4. The highest BCUT2D eigenvalue weighted by Gasteiger charge is 2.36. The number of piperazine rings is 1. The van der Waals surface area contributed by atoms with E-state index in [4.69, 9.17) is 14.7 Å². The van der Waals surface area contributed by atoms with Crippen LogP contribution in [0.1, 0.15) is 21.5 Å². The van der Waals surface area contributed by atoms with Crippen LogP contribution in [0.25, 0.3) is 0 Å². The third kappa shape index (κ3) is 5.35. The topological polar surface area (TPSA) is 78.7 Å². The largest absolute Gasteiger partial charge is 0.496 e. The van der Waals surface area contributed by atoms with Crippen molar-refractivity contribution in [2.75, 3.05) is 38.3 Å². The number of hydrogen-bond donors (Lipinski definition) is 0. The van der Waals surface area contributed by atoms with Crippen molar-refractivity contribution in [3.05, 3.63) is 83.7 Å². The molecule has 2 heterocycles. The minimum absolute atomic E-state index is 0.103. The summed E-state index contributed by atoms with van der Waals surface area (Å²) in [7, 11) is 1.48. The molecule has 0 radical (unpaired) electrons. The molecule has 1 atom stereocenters. The van der Waals surface area contributed by atoms with E-state index >= 15 is 0 Å². The molecule has 186 valence electrons. The Bertz CT molecular complexity index is 1260. The Labute approximate surface area is 206 Å². The van der Waals surface area contributed by atoms with Crippen molar-refractivity contribution >= 4 is 11.6 Å². The van der Waals surface area contributed by atoms with Crippen molar-refractivity contribution in [2.45, 2.75) is 12.2 Å². The average Bonchev–Trinajstić information content (AvgIpc) is 2.91. The van der Waals surface area contributed by atoms with Crippen LogP contribution in [0.5, 0.6) is 11.5 Å². The average molecular weight is 496 g/mol. The van der Waals surface area contributed by atoms with Crippen molar-refractivity contribution in [3.63, 3.8) is 0 Å². The van der Waals surface area contributed by atoms with Gasteiger partial charge in [-0.3, -0.25) is 9.78 Å². The van der Waals surface area contributed by atoms with E-state index in [0.717, 1.165) is 6.07 Å². The zero-order chi connectivity index (χ0) is 25.7. The molecule has 1 aliphatic heterocycles. The van der Waals surface area contributed by atoms with E-state index in [1.54, 1.807) is 64.7 Å². The van der Waals surface area contributed by atoms with Gasteiger partial charge in [0.25, 0.3) is 5.91 Å². The van der Waals surface area contributed by atoms with E-state index in [0.29, 0.717) is 29.3 Å². The number of carbonyl (C=O) groups excluding carboxylic acids is 1. The van der Waals surface area contributed by atoms with Crippen LogP contribution in [0.2, 0.25) is 0 Å². The third-order valence-corrected chi connectivity index (χ3v) is 5.95. The number of rotatable bonds is 6. The SMILES string of the molecule is COc1ccccc1C(=O)N1CCN(c2ccc(C#N)c(C(F)(F)F)c2)CC1COc1cccnc1. The number of ether oxygens (including phenoxy) is 2. The standard InChI is InChI=1S/C26H23F3N4O3/c1-35-24-7-3-2-6-22(24)25(34)33-12-11-32(16-20(33)17-36-21-5-4-10-31-15-21)19-9-8-18(14-30)23(13-19)26(27,28)29/h2-10,13,15,20H,11-12,16-17H2,1H3. The second-order valence-corrected chi connectivity index (χ2v) is 8.14. The van der Waals surface area contributed by atoms with Gasteiger partial charge in [-0.25, -0.2) is 0 Å². The Morgan fingerprint density at radius 1 is 1.17 bits per heavy atom. The van der Waals surface area contributed by atoms with E-state index in [-0.39, 0.29) is 25.6 Å². The highest BCUT2D eigenvalue weighted by atomic mass is 19.4. The van der Waals surface area contributed by atoms with Crippen molar-refractivity contribution < 1.29 is 27.4 Å². The number of carbonyl (C=O) groups is 1. The number of pyridine rings is 1. The predicted molar refractivity (Wildman–Crippen MR) is 126 cm³/mol. The van der Waals surface area contributed by atoms with Gasteiger partial charge < -0.3 is 19.3 Å². The second-order valence-electron chi connectivity index (χ2n) is 8.14. The maximum Gasteiger partial charge on any atom is 0.417 e. The lowest BCUT2D eigenvalue weighted by atomic mass is 10.0. The lowest BCUT2D eigenvalue weighted by Gasteiger charge is -2.42. The van der Waals surface area contributed by atoms with Gasteiger partial charge in [0.15, 0.2) is 0 Å². The normalized spacial score (nSPS) is 15.8. The zero-order valence-electron chi connectivity index (χ0n) is 19.4. The number of para-hydroxylation sites is 1. The number of halogens is 3. The molecule has 1 saturated heterocycles. The Kier molecular flexibility index (Phi) is 7.29. The minimum Gasteiger partial charge on any atom is -0.496 e. The summed E-state index contributed by atoms with van der Waals surface area (Å²) < 4.78 is 51.8. The van der Waals surface area contributed by atoms with Crippen LogP contribution in [0.15, 0.2) is 67.0 Å². The molecule has 2 aromatic carbocycles. The van der Waals surface area contributed by atoms with Gasteiger partial charge in [-0.05, 0) is 42.5 Å². The molecule has 10 heteroatoms. The van der Waals surface area contributed by atoms with Crippen molar-refractivity contribution in [2.24, 2.45) is 0 Å². The maximum absolute atomic E-state index is 13.5. The number of hydrogen-bond acceptors (Lipinski definition) is 6. The lowest BCUT2D eigenvalue weighted by molar-refractivity contribution is -0.137. The molecule has 0 spiro atoms. The highest BCUT2D eigenvalue weighted by molar-refractivity contribution is 5.97. The van der Waals surface area contributed by atoms with Crippen LogP contribution in [0.3, 0.4) is 0 Å². The Morgan fingerprint density at radius 2 is 1.97 bits per heavy atom. The van der Waals surface area contributed by atoms with Crippen molar-refractivity contribution in [3.8, 4) is 17.6 Å². The first-order chi connectivity index (χ1) is 17.3. The number of nitriles is 1. The van der Waals surface area contributed by atoms with E-state index in [1.165, 1.54) is 19.2 Å². The monoisotopic (exact) mass is 496 g/mol. The Balaban J connectivity index is 1.62. The van der Waals surface area contributed by atoms with Gasteiger partial charge in [0, 0.05) is 31.5 Å². The van der Waals surface area contributed by atoms with Gasteiger partial charge in [0.2, 0.25) is 0 Å². The van der Waals surface area contributed by atoms with Crippen LogP contribution < -0.4 is 14.4 Å². The quantitative estimate of drug-likeness (QED) is 0.504. The van der Waals surface area contributed by atoms with Gasteiger partial charge in [-0.2, -0.15) is 18.4 Å². The summed E-state index contributed by atoms with van der Waals surface area (Å²) in [6, 6.07) is 15.1. The summed E-state index contributed by atoms with van der Waals surface area (Å²) in [5, 5.41) is 9.11. The number of anilines is 1. The smallest absolute Gasteiger partial charge is 0.417 e. The van der Waals surface area contributed by atoms with Gasteiger partial charge in [0.05, 0.1) is 42.1 Å². The molecule has 1 unspecified atom stereocenters. The first-order valence-corrected chi connectivity index (χ1v) is 11.1. The van der Waals surface area contributed by atoms with Crippen LogP contribution in [-0.2, 0) is 6.18 Å². The second kappa shape index (κ2) is 10.6. The van der Waals surface area contributed by atoms with E-state index < -0.39 is 23.3 Å². The van der Waals surface area contributed by atoms with Gasteiger partial charge in [-0.15, -0.1) is 0 Å². The number of benzene rings is 2. The first kappa shape index (κ1) is 24.9. The number of nitrogens with zero attached hydrogens (tertiary/aromatic N) is 4. The summed E-state index contributed by atoms with van der Waals surface area (Å²) in [5.74, 6) is 0.679. The molecular formula is C26H23F3N4O3. The maximum atomic E-state index is 13.5. The van der Waals surface area contributed by atoms with Crippen LogP contribution in [0, 0.1) is 11.3 Å². The minimum atomic E-state index is -4.66. The van der Waals surface area contributed by atoms with Crippen molar-refractivity contribution in [1.82, 2.24) is 9.88 Å². The molecule has 36 heavy (non-hydrogen) atoms. The Hall–Kier alpha value is -4.26. The van der Waals surface area contributed by atoms with Crippen LogP contribution >= 0.6 is 0 Å². The summed E-state index contributed by atoms with van der Waals surface area (Å²) >= 11 is 0. The Morgan fingerprint density at radius 3 is 2.67 bits per heavy atom. The number of alkyl halides is 3. The fourth-order valence-corrected chi connectivity index (χ4v) is 4.16. The summed E-state index contributed by atoms with van der Waals surface area (Å²) in [5.41, 5.74) is -0.722. The number of aromatic nitrogens is 1. The highest BCUT2D eigenvalue weighted by Crippen LogP contribution is 2.35. The molecule has 1 aromatic heterocycles. The molecule has 7 nitrogen and oxygen atoms in total. The first-order valence-electron chi connectivity index (χ1n) is 11.1. The lowest BCUT2D eigenvalue weighted by Crippen LogP contribution is -2.57. The van der Waals surface area contributed by atoms with E-state index in [9.17, 15) is 18.0 Å². The molecule has 0 aliphatic carbocycles. The summed E-state index contributed by atoms with van der Waals surface area (Å²) in [6.45, 7) is 0.878. The molecule has 3 aromatic rings. The number of methoxy groups -OCH3 is 1. The van der Waals surface area contributed by atoms with Gasteiger partial charge >= 0.3 is 6.18 Å². The summed E-state index contributed by atoms with van der Waals surface area (Å²) in [6.07, 6.45) is -1.51. The van der Waals surface area contributed by atoms with Gasteiger partial charge in [0.1, 0.15) is 18.1 Å². The molecule has 1 aliphatic rings. The van der Waals surface area contributed by atoms with E-state index in [2.05, 4.69) is 4.98 Å². The van der Waals surface area contributed by atoms with Gasteiger partial charge in [-0.1, -0.05) is 12.1 Å². The van der Waals surface area contributed by atoms with E-state index in [1.807, 2.05) is 0 Å². The molecule has 0 N–H and O–H groups in total. The molecule has 4 rings (SSSR count). The van der Waals surface area contributed by atoms with Crippen LogP contribution in [0.4, 0.5) is 18.9 Å². The summed E-state index contributed by atoms with van der Waals surface area (Å²) in [4.78, 5) is 20.9. The van der Waals surface area contributed by atoms with Crippen LogP contribution in [-0.4, -0.2) is 55.2 Å². The third-order valence-electron chi connectivity index (χ3n) is 5.95. The molecular weight excluding hydrogens is 473 g/mol. The number of amides is 1. The fraction of sp³-hybridized carbons (Fsp3) is 0.269. The molecule has 0 bridgehead atoms. The van der Waals surface area contributed by atoms with Crippen molar-refractivity contribution in [1.29, 1.82) is 5.26 Å². The molecule has 0 saturated carbocycles. The molecule has 1 amide bonds. The molecule has 1 fully saturated rings. The predicted octanol–water partition coefficient (Wildman–Crippen LogP) is 4.39.